The van der Waals surface area contributed by atoms with E-state index < -0.39 is 11.6 Å². The summed E-state index contributed by atoms with van der Waals surface area (Å²) in [5.74, 6) is -1.19. The van der Waals surface area contributed by atoms with Crippen molar-refractivity contribution in [1.29, 1.82) is 0 Å². The molecule has 0 saturated carbocycles. The molecule has 1 N–H and O–H groups in total. The first kappa shape index (κ1) is 14.7. The molecule has 1 aromatic heterocycles. The van der Waals surface area contributed by atoms with Gasteiger partial charge >= 0.3 is 0 Å². The number of rotatable bonds is 4. The fourth-order valence-corrected chi connectivity index (χ4v) is 2.42. The van der Waals surface area contributed by atoms with Crippen LogP contribution in [0.1, 0.15) is 31.0 Å². The largest absolute Gasteiger partial charge is 0.301 e. The smallest absolute Gasteiger partial charge is 0.251 e. The number of hydrogen-bond donors (Lipinski definition) is 1. The molecule has 2 aromatic rings. The maximum absolute atomic E-state index is 13.1. The Morgan fingerprint density at radius 2 is 2.00 bits per heavy atom. The maximum atomic E-state index is 13.1. The molecule has 1 heterocycles. The van der Waals surface area contributed by atoms with Gasteiger partial charge in [-0.15, -0.1) is 0 Å². The molecule has 3 nitrogen and oxygen atoms in total. The van der Waals surface area contributed by atoms with E-state index in [4.69, 9.17) is 0 Å². The van der Waals surface area contributed by atoms with Gasteiger partial charge in [-0.3, -0.25) is 4.79 Å². The predicted octanol–water partition coefficient (Wildman–Crippen LogP) is 3.46. The van der Waals surface area contributed by atoms with E-state index in [1.165, 1.54) is 23.9 Å². The molecule has 0 amide bonds. The van der Waals surface area contributed by atoms with Crippen molar-refractivity contribution in [2.45, 2.75) is 30.7 Å². The molecular weight excluding hydrogens is 282 g/mol. The number of hydrogen-bond acceptors (Lipinski definition) is 3. The topological polar surface area (TPSA) is 45.8 Å². The summed E-state index contributed by atoms with van der Waals surface area (Å²) in [4.78, 5) is 18.5. The van der Waals surface area contributed by atoms with Gasteiger partial charge in [0.15, 0.2) is 16.8 Å². The van der Waals surface area contributed by atoms with Crippen LogP contribution in [0.5, 0.6) is 0 Å². The van der Waals surface area contributed by atoms with Crippen LogP contribution in [0.15, 0.2) is 34.2 Å². The molecule has 0 atom stereocenters. The summed E-state index contributed by atoms with van der Waals surface area (Å²) < 4.78 is 25.9. The monoisotopic (exact) mass is 296 g/mol. The quantitative estimate of drug-likeness (QED) is 0.694. The second kappa shape index (κ2) is 6.17. The lowest BCUT2D eigenvalue weighted by Crippen LogP contribution is -2.10. The molecule has 0 radical (unpaired) electrons. The van der Waals surface area contributed by atoms with Gasteiger partial charge in [0.2, 0.25) is 0 Å². The number of H-pyrrole nitrogens is 1. The van der Waals surface area contributed by atoms with E-state index in [1.807, 2.05) is 13.8 Å². The van der Waals surface area contributed by atoms with E-state index in [0.717, 1.165) is 12.1 Å². The summed E-state index contributed by atoms with van der Waals surface area (Å²) in [5, 5.41) is 0.478. The second-order valence-corrected chi connectivity index (χ2v) is 5.63. The fourth-order valence-electron chi connectivity index (χ4n) is 1.60. The number of nitrogens with zero attached hydrogens (tertiary/aromatic N) is 1. The molecule has 2 rings (SSSR count). The van der Waals surface area contributed by atoms with Gasteiger partial charge < -0.3 is 4.98 Å². The second-order valence-electron chi connectivity index (χ2n) is 4.67. The third kappa shape index (κ3) is 3.66. The van der Waals surface area contributed by atoms with Gasteiger partial charge in [0.05, 0.1) is 5.69 Å². The number of aromatic nitrogens is 2. The molecule has 0 unspecified atom stereocenters. The molecule has 6 heteroatoms. The summed E-state index contributed by atoms with van der Waals surface area (Å²) in [6.07, 6.45) is 0. The highest BCUT2D eigenvalue weighted by Crippen LogP contribution is 2.21. The fraction of sp³-hybridized carbons (Fsp3) is 0.286. The minimum absolute atomic E-state index is 0.153. The zero-order valence-electron chi connectivity index (χ0n) is 11.1. The maximum Gasteiger partial charge on any atom is 0.251 e. The van der Waals surface area contributed by atoms with Crippen molar-refractivity contribution in [2.24, 2.45) is 0 Å². The molecule has 106 valence electrons. The Balaban J connectivity index is 2.14. The summed E-state index contributed by atoms with van der Waals surface area (Å²) in [6.45, 7) is 3.90. The first-order chi connectivity index (χ1) is 9.45. The average Bonchev–Trinajstić information content (AvgIpc) is 2.39. The summed E-state index contributed by atoms with van der Waals surface area (Å²) in [5.41, 5.74) is 1.13. The first-order valence-corrected chi connectivity index (χ1v) is 7.12. The van der Waals surface area contributed by atoms with Crippen molar-refractivity contribution in [3.63, 3.8) is 0 Å². The van der Waals surface area contributed by atoms with Crippen LogP contribution in [0.2, 0.25) is 0 Å². The lowest BCUT2D eigenvalue weighted by molar-refractivity contribution is 0.507. The van der Waals surface area contributed by atoms with Crippen LogP contribution in [-0.4, -0.2) is 9.97 Å². The van der Waals surface area contributed by atoms with Crippen molar-refractivity contribution in [1.82, 2.24) is 9.97 Å². The summed E-state index contributed by atoms with van der Waals surface area (Å²) in [6, 6.07) is 5.21. The van der Waals surface area contributed by atoms with Gasteiger partial charge in [-0.1, -0.05) is 31.7 Å². The molecule has 0 bridgehead atoms. The highest BCUT2D eigenvalue weighted by Gasteiger charge is 2.07. The number of benzene rings is 1. The van der Waals surface area contributed by atoms with Gasteiger partial charge in [0.1, 0.15) is 0 Å². The van der Waals surface area contributed by atoms with E-state index >= 15 is 0 Å². The third-order valence-electron chi connectivity index (χ3n) is 2.69. The Hall–Kier alpha value is -1.69. The van der Waals surface area contributed by atoms with Gasteiger partial charge in [-0.25, -0.2) is 13.8 Å². The number of aromatic amines is 1. The van der Waals surface area contributed by atoms with Gasteiger partial charge in [0, 0.05) is 11.8 Å². The Bertz CT molecular complexity index is 670. The molecular formula is C14H14F2N2OS. The zero-order valence-corrected chi connectivity index (χ0v) is 11.9. The molecule has 0 aliphatic carbocycles. The SMILES string of the molecule is CC(C)c1cc(=O)[nH]c(SCc2ccc(F)c(F)c2)n1. The first-order valence-electron chi connectivity index (χ1n) is 6.13. The van der Waals surface area contributed by atoms with Gasteiger partial charge in [-0.2, -0.15) is 0 Å². The normalized spacial score (nSPS) is 11.1. The van der Waals surface area contributed by atoms with Crippen LogP contribution >= 0.6 is 11.8 Å². The molecule has 0 spiro atoms. The van der Waals surface area contributed by atoms with E-state index in [9.17, 15) is 13.6 Å². The Morgan fingerprint density at radius 1 is 1.25 bits per heavy atom. The zero-order chi connectivity index (χ0) is 14.7. The minimum Gasteiger partial charge on any atom is -0.301 e. The van der Waals surface area contributed by atoms with Crippen LogP contribution in [-0.2, 0) is 5.75 Å². The molecule has 0 aliphatic rings. The van der Waals surface area contributed by atoms with E-state index in [2.05, 4.69) is 9.97 Å². The number of halogens is 2. The van der Waals surface area contributed by atoms with Crippen molar-refractivity contribution in [2.75, 3.05) is 0 Å². The van der Waals surface area contributed by atoms with Crippen molar-refractivity contribution >= 4 is 11.8 Å². The Kier molecular flexibility index (Phi) is 4.54. The molecule has 0 fully saturated rings. The Labute approximate surface area is 119 Å². The predicted molar refractivity (Wildman–Crippen MR) is 74.9 cm³/mol. The van der Waals surface area contributed by atoms with Crippen molar-refractivity contribution in [3.8, 4) is 0 Å². The van der Waals surface area contributed by atoms with Crippen LogP contribution in [0.25, 0.3) is 0 Å². The Morgan fingerprint density at radius 3 is 2.65 bits per heavy atom. The molecule has 0 aliphatic heterocycles. The van der Waals surface area contributed by atoms with Crippen LogP contribution in [0.4, 0.5) is 8.78 Å². The molecule has 0 saturated heterocycles. The summed E-state index contributed by atoms with van der Waals surface area (Å²) >= 11 is 1.28. The van der Waals surface area contributed by atoms with Crippen LogP contribution < -0.4 is 5.56 Å². The summed E-state index contributed by atoms with van der Waals surface area (Å²) in [7, 11) is 0. The highest BCUT2D eigenvalue weighted by molar-refractivity contribution is 7.98. The van der Waals surface area contributed by atoms with E-state index in [0.29, 0.717) is 22.2 Å². The van der Waals surface area contributed by atoms with Gasteiger partial charge in [0.25, 0.3) is 5.56 Å². The molecule has 1 aromatic carbocycles. The lowest BCUT2D eigenvalue weighted by atomic mass is 10.1. The standard InChI is InChI=1S/C14H14F2N2OS/c1-8(2)12-6-13(19)18-14(17-12)20-7-9-3-4-10(15)11(16)5-9/h3-6,8H,7H2,1-2H3,(H,17,18,19). The van der Waals surface area contributed by atoms with Crippen molar-refractivity contribution in [3.05, 3.63) is 57.5 Å². The lowest BCUT2D eigenvalue weighted by Gasteiger charge is -2.06. The van der Waals surface area contributed by atoms with Crippen LogP contribution in [0.3, 0.4) is 0 Å². The third-order valence-corrected chi connectivity index (χ3v) is 3.64. The average molecular weight is 296 g/mol. The van der Waals surface area contributed by atoms with E-state index in [1.54, 1.807) is 0 Å². The minimum atomic E-state index is -0.875. The van der Waals surface area contributed by atoms with Gasteiger partial charge in [-0.05, 0) is 23.6 Å². The van der Waals surface area contributed by atoms with E-state index in [-0.39, 0.29) is 11.5 Å². The van der Waals surface area contributed by atoms with Crippen LogP contribution in [0, 0.1) is 11.6 Å². The molecule has 20 heavy (non-hydrogen) atoms. The number of thioether (sulfide) groups is 1. The van der Waals surface area contributed by atoms with Crippen molar-refractivity contribution < 1.29 is 8.78 Å². The number of nitrogens with one attached hydrogen (secondary N) is 1. The highest BCUT2D eigenvalue weighted by atomic mass is 32.2.